The second kappa shape index (κ2) is 10.1. The summed E-state index contributed by atoms with van der Waals surface area (Å²) in [5.74, 6) is -0.512. The summed E-state index contributed by atoms with van der Waals surface area (Å²) in [5, 5.41) is 11.5. The van der Waals surface area contributed by atoms with Crippen molar-refractivity contribution in [3.63, 3.8) is 0 Å². The quantitative estimate of drug-likeness (QED) is 0.282. The maximum absolute atomic E-state index is 13.8. The summed E-state index contributed by atoms with van der Waals surface area (Å²) in [6.07, 6.45) is 3.80. The number of aromatic nitrogens is 1. The minimum absolute atomic E-state index is 0.0374. The second-order valence-electron chi connectivity index (χ2n) is 8.91. The Labute approximate surface area is 216 Å². The minimum Gasteiger partial charge on any atom is -0.463 e. The second-order valence-corrected chi connectivity index (χ2v) is 9.92. The summed E-state index contributed by atoms with van der Waals surface area (Å²) in [5.41, 5.74) is 2.69. The maximum Gasteiger partial charge on any atom is 0.338 e. The van der Waals surface area contributed by atoms with Gasteiger partial charge < -0.3 is 9.64 Å². The predicted molar refractivity (Wildman–Crippen MR) is 141 cm³/mol. The Hall–Kier alpha value is -4.05. The Bertz CT molecular complexity index is 1580. The van der Waals surface area contributed by atoms with Crippen molar-refractivity contribution in [2.75, 3.05) is 24.6 Å². The molecule has 190 valence electrons. The van der Waals surface area contributed by atoms with Gasteiger partial charge in [0.05, 0.1) is 33.4 Å². The molecule has 10 heteroatoms. The van der Waals surface area contributed by atoms with E-state index in [-0.39, 0.29) is 17.9 Å². The van der Waals surface area contributed by atoms with Gasteiger partial charge in [0, 0.05) is 36.5 Å². The average Bonchev–Trinajstić information content (AvgIpc) is 3.52. The van der Waals surface area contributed by atoms with Gasteiger partial charge in [-0.25, -0.2) is 9.79 Å². The molecule has 0 spiro atoms. The van der Waals surface area contributed by atoms with Crippen LogP contribution in [0, 0.1) is 10.1 Å². The predicted octanol–water partition coefficient (Wildman–Crippen LogP) is 3.31. The Morgan fingerprint density at radius 1 is 1.22 bits per heavy atom. The molecule has 1 fully saturated rings. The summed E-state index contributed by atoms with van der Waals surface area (Å²) in [6.45, 7) is 5.39. The maximum atomic E-state index is 13.8. The first-order chi connectivity index (χ1) is 17.9. The van der Waals surface area contributed by atoms with E-state index in [4.69, 9.17) is 4.74 Å². The van der Waals surface area contributed by atoms with Gasteiger partial charge in [0.25, 0.3) is 11.2 Å². The fourth-order valence-electron chi connectivity index (χ4n) is 4.90. The van der Waals surface area contributed by atoms with Gasteiger partial charge in [-0.3, -0.25) is 19.5 Å². The highest BCUT2D eigenvalue weighted by Crippen LogP contribution is 2.31. The summed E-state index contributed by atoms with van der Waals surface area (Å²) in [4.78, 5) is 45.1. The van der Waals surface area contributed by atoms with Crippen LogP contribution in [0.3, 0.4) is 0 Å². The van der Waals surface area contributed by atoms with Gasteiger partial charge in [-0.1, -0.05) is 41.7 Å². The number of hydrogen-bond donors (Lipinski definition) is 0. The molecule has 9 nitrogen and oxygen atoms in total. The van der Waals surface area contributed by atoms with Gasteiger partial charge in [-0.2, -0.15) is 0 Å². The van der Waals surface area contributed by atoms with Crippen LogP contribution in [-0.2, 0) is 9.53 Å². The molecule has 5 rings (SSSR count). The van der Waals surface area contributed by atoms with Crippen LogP contribution in [0.1, 0.15) is 43.9 Å². The van der Waals surface area contributed by atoms with E-state index in [2.05, 4.69) is 9.89 Å². The standard InChI is InChI=1S/C27H26N4O5S/c1-3-36-26(33)23-17(2)28-27-30(24(23)18-9-5-4-6-10-18)25(32)22(37-27)16-19-15-20(31(34)35)11-12-21(19)29-13-7-8-14-29/h4-6,9-12,15-16,24H,3,7-8,13-14H2,1-2H3/b22-16+/t24-/m0/s1. The molecule has 0 amide bonds. The normalized spacial score (nSPS) is 17.5. The lowest BCUT2D eigenvalue weighted by atomic mass is 9.96. The van der Waals surface area contributed by atoms with Crippen molar-refractivity contribution in [2.24, 2.45) is 4.99 Å². The Morgan fingerprint density at radius 2 is 1.95 bits per heavy atom. The fourth-order valence-corrected chi connectivity index (χ4v) is 5.94. The van der Waals surface area contributed by atoms with Gasteiger partial charge >= 0.3 is 5.97 Å². The zero-order valence-electron chi connectivity index (χ0n) is 20.5. The number of nitro groups is 1. The Kier molecular flexibility index (Phi) is 6.75. The molecule has 3 heterocycles. The lowest BCUT2D eigenvalue weighted by Gasteiger charge is -2.24. The van der Waals surface area contributed by atoms with E-state index in [9.17, 15) is 19.7 Å². The minimum atomic E-state index is -0.693. The van der Waals surface area contributed by atoms with Crippen molar-refractivity contribution in [1.29, 1.82) is 0 Å². The van der Waals surface area contributed by atoms with Gasteiger partial charge in [0.2, 0.25) is 0 Å². The van der Waals surface area contributed by atoms with Gasteiger partial charge in [0.1, 0.15) is 0 Å². The summed E-state index contributed by atoms with van der Waals surface area (Å²) < 4.78 is 7.24. The molecule has 1 saturated heterocycles. The molecule has 0 unspecified atom stereocenters. The van der Waals surface area contributed by atoms with Crippen LogP contribution >= 0.6 is 11.3 Å². The molecule has 1 aromatic heterocycles. The van der Waals surface area contributed by atoms with Crippen LogP contribution < -0.4 is 19.8 Å². The first kappa shape index (κ1) is 24.6. The summed E-state index contributed by atoms with van der Waals surface area (Å²) in [6, 6.07) is 13.4. The van der Waals surface area contributed by atoms with E-state index < -0.39 is 16.9 Å². The molecule has 0 saturated carbocycles. The molecule has 1 atom stereocenters. The lowest BCUT2D eigenvalue weighted by molar-refractivity contribution is -0.384. The van der Waals surface area contributed by atoms with E-state index in [1.807, 2.05) is 30.3 Å². The molecule has 2 aliphatic rings. The van der Waals surface area contributed by atoms with Crippen LogP contribution in [-0.4, -0.2) is 35.2 Å². The zero-order valence-corrected chi connectivity index (χ0v) is 21.4. The van der Waals surface area contributed by atoms with Crippen molar-refractivity contribution in [3.8, 4) is 0 Å². The van der Waals surface area contributed by atoms with Crippen LogP contribution in [0.4, 0.5) is 11.4 Å². The number of esters is 1. The number of anilines is 1. The van der Waals surface area contributed by atoms with Crippen LogP contribution in [0.25, 0.3) is 6.08 Å². The number of nitro benzene ring substituents is 1. The molecular formula is C27H26N4O5S. The van der Waals surface area contributed by atoms with Crippen molar-refractivity contribution in [1.82, 2.24) is 4.57 Å². The van der Waals surface area contributed by atoms with E-state index in [1.54, 1.807) is 26.0 Å². The third-order valence-electron chi connectivity index (χ3n) is 6.59. The molecule has 3 aromatic rings. The van der Waals surface area contributed by atoms with Crippen molar-refractivity contribution < 1.29 is 14.5 Å². The number of fused-ring (bicyclic) bond motifs is 1. The van der Waals surface area contributed by atoms with Crippen LogP contribution in [0.5, 0.6) is 0 Å². The number of ether oxygens (including phenoxy) is 1. The van der Waals surface area contributed by atoms with Crippen LogP contribution in [0.15, 0.2) is 69.6 Å². The number of carbonyl (C=O) groups excluding carboxylic acids is 1. The molecule has 0 bridgehead atoms. The van der Waals surface area contributed by atoms with Crippen LogP contribution in [0.2, 0.25) is 0 Å². The average molecular weight is 519 g/mol. The lowest BCUT2D eigenvalue weighted by Crippen LogP contribution is -2.39. The number of thiazole rings is 1. The van der Waals surface area contributed by atoms with E-state index in [0.717, 1.165) is 37.2 Å². The SMILES string of the molecule is CCOC(=O)C1=C(C)N=c2s/c(=C/c3cc([N+](=O)[O-])ccc3N3CCCC3)c(=O)n2[C@H]1c1ccccc1. The van der Waals surface area contributed by atoms with E-state index in [1.165, 1.54) is 28.0 Å². The highest BCUT2D eigenvalue weighted by Gasteiger charge is 2.33. The molecule has 0 radical (unpaired) electrons. The number of hydrogen-bond acceptors (Lipinski definition) is 8. The molecule has 0 aliphatic carbocycles. The Morgan fingerprint density at radius 3 is 2.62 bits per heavy atom. The number of allylic oxidation sites excluding steroid dienone is 1. The molecule has 2 aromatic carbocycles. The molecule has 2 aliphatic heterocycles. The van der Waals surface area contributed by atoms with Gasteiger partial charge in [-0.15, -0.1) is 0 Å². The smallest absolute Gasteiger partial charge is 0.338 e. The Balaban J connectivity index is 1.72. The largest absolute Gasteiger partial charge is 0.463 e. The third kappa shape index (κ3) is 4.60. The van der Waals surface area contributed by atoms with E-state index in [0.29, 0.717) is 26.2 Å². The first-order valence-corrected chi connectivity index (χ1v) is 13.0. The highest BCUT2D eigenvalue weighted by atomic mass is 32.1. The topological polar surface area (TPSA) is 107 Å². The van der Waals surface area contributed by atoms with Crippen molar-refractivity contribution in [2.45, 2.75) is 32.7 Å². The number of non-ortho nitro benzene ring substituents is 1. The van der Waals surface area contributed by atoms with Crippen molar-refractivity contribution in [3.05, 3.63) is 101 Å². The van der Waals surface area contributed by atoms with Crippen molar-refractivity contribution >= 4 is 34.8 Å². The molecule has 0 N–H and O–H groups in total. The zero-order chi connectivity index (χ0) is 26.1. The van der Waals surface area contributed by atoms with Gasteiger partial charge in [0.15, 0.2) is 4.80 Å². The van der Waals surface area contributed by atoms with Gasteiger partial charge in [-0.05, 0) is 44.4 Å². The number of nitrogens with zero attached hydrogens (tertiary/aromatic N) is 4. The summed E-state index contributed by atoms with van der Waals surface area (Å²) >= 11 is 1.21. The molecule has 37 heavy (non-hydrogen) atoms. The molecular weight excluding hydrogens is 492 g/mol. The monoisotopic (exact) mass is 518 g/mol. The fraction of sp³-hybridized carbons (Fsp3) is 0.296. The number of carbonyl (C=O) groups is 1. The highest BCUT2D eigenvalue weighted by molar-refractivity contribution is 7.07. The number of rotatable bonds is 6. The first-order valence-electron chi connectivity index (χ1n) is 12.2. The third-order valence-corrected chi connectivity index (χ3v) is 7.57. The summed E-state index contributed by atoms with van der Waals surface area (Å²) in [7, 11) is 0. The number of benzene rings is 2. The van der Waals surface area contributed by atoms with E-state index >= 15 is 0 Å².